The number of rotatable bonds is 4. The summed E-state index contributed by atoms with van der Waals surface area (Å²) in [6, 6.07) is 10.3. The molecule has 1 heterocycles. The normalized spacial score (nSPS) is 23.7. The van der Waals surface area contributed by atoms with Crippen LogP contribution in [-0.4, -0.2) is 10.4 Å². The van der Waals surface area contributed by atoms with E-state index in [0.717, 1.165) is 18.5 Å². The van der Waals surface area contributed by atoms with Gasteiger partial charge in [0.2, 0.25) is 0 Å². The van der Waals surface area contributed by atoms with E-state index in [1.807, 2.05) is 29.8 Å². The van der Waals surface area contributed by atoms with Gasteiger partial charge in [0.1, 0.15) is 4.87 Å². The Morgan fingerprint density at radius 2 is 2.19 bits per heavy atom. The van der Waals surface area contributed by atoms with E-state index >= 15 is 0 Å². The lowest BCUT2D eigenvalue weighted by atomic mass is 10.1. The van der Waals surface area contributed by atoms with Gasteiger partial charge in [-0.2, -0.15) is 5.10 Å². The van der Waals surface area contributed by atoms with Crippen molar-refractivity contribution >= 4 is 23.0 Å². The molecule has 0 spiro atoms. The highest BCUT2D eigenvalue weighted by atomic mass is 32.2. The Bertz CT molecular complexity index is 388. The zero-order chi connectivity index (χ0) is 11.4. The van der Waals surface area contributed by atoms with Gasteiger partial charge in [-0.1, -0.05) is 36.0 Å². The van der Waals surface area contributed by atoms with Gasteiger partial charge in [-0.25, -0.2) is 5.01 Å². The molecule has 0 saturated heterocycles. The lowest BCUT2D eigenvalue weighted by molar-refractivity contribution is 0.570. The van der Waals surface area contributed by atoms with Crippen LogP contribution in [0.1, 0.15) is 19.8 Å². The summed E-state index contributed by atoms with van der Waals surface area (Å²) in [6.45, 7) is 6.01. The molecule has 3 heteroatoms. The molecule has 2 nitrogen and oxygen atoms in total. The predicted molar refractivity (Wildman–Crippen MR) is 72.8 cm³/mol. The van der Waals surface area contributed by atoms with Gasteiger partial charge >= 0.3 is 0 Å². The maximum absolute atomic E-state index is 4.45. The first-order valence-corrected chi connectivity index (χ1v) is 6.31. The monoisotopic (exact) mass is 232 g/mol. The standard InChI is InChI=1S/C13H16N2S/c1-3-4-10-13(2)15(14-11-16-13)12-8-6-5-7-9-12/h3,5-9,11H,1,4,10H2,2H3. The summed E-state index contributed by atoms with van der Waals surface area (Å²) >= 11 is 1.77. The van der Waals surface area contributed by atoms with Crippen molar-refractivity contribution in [2.24, 2.45) is 5.10 Å². The van der Waals surface area contributed by atoms with Crippen LogP contribution in [-0.2, 0) is 0 Å². The highest BCUT2D eigenvalue weighted by molar-refractivity contribution is 8.13. The van der Waals surface area contributed by atoms with Crippen LogP contribution in [0.2, 0.25) is 0 Å². The quantitative estimate of drug-likeness (QED) is 0.732. The minimum absolute atomic E-state index is 0.0234. The first kappa shape index (κ1) is 11.3. The second-order valence-electron chi connectivity index (χ2n) is 3.99. The summed E-state index contributed by atoms with van der Waals surface area (Å²) in [5.74, 6) is 0. The second kappa shape index (κ2) is 4.74. The van der Waals surface area contributed by atoms with Gasteiger partial charge in [0, 0.05) is 0 Å². The Hall–Kier alpha value is -1.22. The van der Waals surface area contributed by atoms with Crippen molar-refractivity contribution in [1.82, 2.24) is 0 Å². The molecule has 16 heavy (non-hydrogen) atoms. The molecule has 1 atom stereocenters. The van der Waals surface area contributed by atoms with Crippen molar-refractivity contribution in [3.63, 3.8) is 0 Å². The van der Waals surface area contributed by atoms with Gasteiger partial charge in [-0.3, -0.25) is 0 Å². The lowest BCUT2D eigenvalue weighted by Gasteiger charge is -2.33. The van der Waals surface area contributed by atoms with Crippen LogP contribution in [0, 0.1) is 0 Å². The van der Waals surface area contributed by atoms with Gasteiger partial charge in [-0.15, -0.1) is 6.58 Å². The molecule has 0 aliphatic carbocycles. The molecule has 0 amide bonds. The van der Waals surface area contributed by atoms with E-state index in [1.54, 1.807) is 11.8 Å². The number of benzene rings is 1. The smallest absolute Gasteiger partial charge is 0.111 e. The maximum Gasteiger partial charge on any atom is 0.111 e. The topological polar surface area (TPSA) is 15.6 Å². The predicted octanol–water partition coefficient (Wildman–Crippen LogP) is 3.87. The average molecular weight is 232 g/mol. The highest BCUT2D eigenvalue weighted by Crippen LogP contribution is 2.40. The van der Waals surface area contributed by atoms with E-state index in [0.29, 0.717) is 0 Å². The van der Waals surface area contributed by atoms with Crippen molar-refractivity contribution < 1.29 is 0 Å². The summed E-state index contributed by atoms with van der Waals surface area (Å²) in [5.41, 5.74) is 3.08. The van der Waals surface area contributed by atoms with Crippen LogP contribution in [0.3, 0.4) is 0 Å². The summed E-state index contributed by atoms with van der Waals surface area (Å²) in [7, 11) is 0. The molecule has 1 aromatic rings. The number of nitrogens with zero attached hydrogens (tertiary/aromatic N) is 2. The van der Waals surface area contributed by atoms with Crippen molar-refractivity contribution in [3.05, 3.63) is 43.0 Å². The fraction of sp³-hybridized carbons (Fsp3) is 0.308. The molecule has 1 aromatic carbocycles. The Morgan fingerprint density at radius 1 is 1.44 bits per heavy atom. The molecule has 0 saturated carbocycles. The third-order valence-corrected chi connectivity index (χ3v) is 3.81. The van der Waals surface area contributed by atoms with E-state index < -0.39 is 0 Å². The number of para-hydroxylation sites is 1. The van der Waals surface area contributed by atoms with E-state index in [4.69, 9.17) is 0 Å². The fourth-order valence-electron chi connectivity index (χ4n) is 1.80. The molecule has 1 aliphatic heterocycles. The molecule has 0 aromatic heterocycles. The first-order chi connectivity index (χ1) is 7.76. The molecule has 1 unspecified atom stereocenters. The van der Waals surface area contributed by atoms with E-state index in [9.17, 15) is 0 Å². The molecule has 0 fully saturated rings. The minimum Gasteiger partial charge on any atom is -0.249 e. The second-order valence-corrected chi connectivity index (χ2v) is 5.31. The summed E-state index contributed by atoms with van der Waals surface area (Å²) in [4.78, 5) is 0.0234. The van der Waals surface area contributed by atoms with Gasteiger partial charge in [0.15, 0.2) is 0 Å². The summed E-state index contributed by atoms with van der Waals surface area (Å²) in [6.07, 6.45) is 4.03. The van der Waals surface area contributed by atoms with E-state index in [2.05, 4.69) is 35.7 Å². The van der Waals surface area contributed by atoms with Crippen molar-refractivity contribution in [1.29, 1.82) is 0 Å². The van der Waals surface area contributed by atoms with Crippen LogP contribution in [0.15, 0.2) is 48.1 Å². The van der Waals surface area contributed by atoms with Gasteiger partial charge < -0.3 is 0 Å². The van der Waals surface area contributed by atoms with Gasteiger partial charge in [0.05, 0.1) is 11.2 Å². The van der Waals surface area contributed by atoms with E-state index in [-0.39, 0.29) is 4.87 Å². The zero-order valence-corrected chi connectivity index (χ0v) is 10.3. The number of anilines is 1. The Morgan fingerprint density at radius 3 is 2.88 bits per heavy atom. The number of hydrazone groups is 1. The third kappa shape index (κ3) is 2.14. The lowest BCUT2D eigenvalue weighted by Crippen LogP contribution is -2.36. The zero-order valence-electron chi connectivity index (χ0n) is 9.47. The highest BCUT2D eigenvalue weighted by Gasteiger charge is 2.35. The Balaban J connectivity index is 2.20. The van der Waals surface area contributed by atoms with Crippen molar-refractivity contribution in [2.45, 2.75) is 24.6 Å². The largest absolute Gasteiger partial charge is 0.249 e. The third-order valence-electron chi connectivity index (χ3n) is 2.73. The summed E-state index contributed by atoms with van der Waals surface area (Å²) in [5, 5.41) is 6.55. The molecule has 2 rings (SSSR count). The molecule has 84 valence electrons. The van der Waals surface area contributed by atoms with Crippen molar-refractivity contribution in [3.8, 4) is 0 Å². The number of thioether (sulfide) groups is 1. The maximum atomic E-state index is 4.45. The molecular formula is C13H16N2S. The number of hydrogen-bond acceptors (Lipinski definition) is 3. The number of hydrogen-bond donors (Lipinski definition) is 0. The molecule has 0 bridgehead atoms. The van der Waals surface area contributed by atoms with Gasteiger partial charge in [-0.05, 0) is 31.9 Å². The van der Waals surface area contributed by atoms with Crippen LogP contribution in [0.4, 0.5) is 5.69 Å². The Labute approximate surface area is 101 Å². The Kier molecular flexibility index (Phi) is 3.34. The summed E-state index contributed by atoms with van der Waals surface area (Å²) < 4.78 is 0. The first-order valence-electron chi connectivity index (χ1n) is 5.43. The van der Waals surface area contributed by atoms with Gasteiger partial charge in [0.25, 0.3) is 0 Å². The van der Waals surface area contributed by atoms with Crippen molar-refractivity contribution in [2.75, 3.05) is 5.01 Å². The number of allylic oxidation sites excluding steroid dienone is 1. The van der Waals surface area contributed by atoms with E-state index in [1.165, 1.54) is 0 Å². The van der Waals surface area contributed by atoms with Crippen LogP contribution >= 0.6 is 11.8 Å². The molecule has 0 radical (unpaired) electrons. The molecule has 1 aliphatic rings. The fourth-order valence-corrected chi connectivity index (χ4v) is 2.66. The van der Waals surface area contributed by atoms with Crippen LogP contribution in [0.25, 0.3) is 0 Å². The van der Waals surface area contributed by atoms with Crippen LogP contribution in [0.5, 0.6) is 0 Å². The molecule has 0 N–H and O–H groups in total. The minimum atomic E-state index is 0.0234. The van der Waals surface area contributed by atoms with Crippen LogP contribution < -0.4 is 5.01 Å². The molecular weight excluding hydrogens is 216 g/mol. The SMILES string of the molecule is C=CCCC1(C)SC=NN1c1ccccc1. The average Bonchev–Trinajstić information content (AvgIpc) is 2.70.